The second kappa shape index (κ2) is 6.63. The molecule has 0 amide bonds. The van der Waals surface area contributed by atoms with E-state index in [-0.39, 0.29) is 0 Å². The van der Waals surface area contributed by atoms with Crippen molar-refractivity contribution in [3.63, 3.8) is 0 Å². The summed E-state index contributed by atoms with van der Waals surface area (Å²) < 4.78 is 0. The van der Waals surface area contributed by atoms with E-state index in [0.29, 0.717) is 5.82 Å². The maximum absolute atomic E-state index is 4.83. The van der Waals surface area contributed by atoms with Gasteiger partial charge in [-0.3, -0.25) is 4.98 Å². The van der Waals surface area contributed by atoms with Crippen LogP contribution in [0.3, 0.4) is 0 Å². The molecule has 6 nitrogen and oxygen atoms in total. The molecule has 0 unspecified atom stereocenters. The molecule has 2 N–H and O–H groups in total. The molecule has 4 rings (SSSR count). The predicted octanol–water partition coefficient (Wildman–Crippen LogP) is 3.62. The Hall–Kier alpha value is -3.15. The van der Waals surface area contributed by atoms with Crippen LogP contribution in [0.1, 0.15) is 11.1 Å². The van der Waals surface area contributed by atoms with Crippen molar-refractivity contribution < 1.29 is 0 Å². The minimum absolute atomic E-state index is 0.690. The van der Waals surface area contributed by atoms with Gasteiger partial charge in [0.1, 0.15) is 11.6 Å². The molecule has 1 aliphatic heterocycles. The lowest BCUT2D eigenvalue weighted by Gasteiger charge is -2.16. The Bertz CT molecular complexity index is 939. The van der Waals surface area contributed by atoms with Crippen molar-refractivity contribution in [3.05, 3.63) is 53.9 Å². The summed E-state index contributed by atoms with van der Waals surface area (Å²) in [4.78, 5) is 16.0. The van der Waals surface area contributed by atoms with Crippen molar-refractivity contribution in [2.75, 3.05) is 36.2 Å². The van der Waals surface area contributed by atoms with Gasteiger partial charge < -0.3 is 15.5 Å². The molecule has 0 saturated heterocycles. The number of nitrogens with zero attached hydrogens (tertiary/aromatic N) is 4. The summed E-state index contributed by atoms with van der Waals surface area (Å²) in [5, 5.41) is 6.73. The van der Waals surface area contributed by atoms with E-state index in [0.717, 1.165) is 47.1 Å². The predicted molar refractivity (Wildman–Crippen MR) is 106 cm³/mol. The van der Waals surface area contributed by atoms with Gasteiger partial charge in [-0.15, -0.1) is 0 Å². The van der Waals surface area contributed by atoms with Gasteiger partial charge in [0, 0.05) is 55.5 Å². The monoisotopic (exact) mass is 346 g/mol. The number of rotatable bonds is 4. The van der Waals surface area contributed by atoms with Crippen LogP contribution in [0.15, 0.2) is 42.7 Å². The number of anilines is 4. The van der Waals surface area contributed by atoms with Crippen LogP contribution in [0, 0.1) is 6.92 Å². The topological polar surface area (TPSA) is 66.0 Å². The molecule has 3 aromatic rings. The van der Waals surface area contributed by atoms with Gasteiger partial charge in [0.15, 0.2) is 5.82 Å². The van der Waals surface area contributed by atoms with Gasteiger partial charge in [-0.05, 0) is 43.2 Å². The van der Waals surface area contributed by atoms with Crippen molar-refractivity contribution in [2.45, 2.75) is 13.3 Å². The maximum Gasteiger partial charge on any atom is 0.165 e. The summed E-state index contributed by atoms with van der Waals surface area (Å²) >= 11 is 0. The molecule has 132 valence electrons. The molecule has 1 aliphatic rings. The zero-order valence-electron chi connectivity index (χ0n) is 15.2. The molecule has 0 saturated carbocycles. The number of likely N-dealkylation sites (N-methyl/N-ethyl adjacent to an activating group) is 1. The fraction of sp³-hybridized carbons (Fsp3) is 0.250. The summed E-state index contributed by atoms with van der Waals surface area (Å²) in [6, 6.07) is 10.2. The fourth-order valence-electron chi connectivity index (χ4n) is 3.17. The van der Waals surface area contributed by atoms with Crippen LogP contribution in [0.2, 0.25) is 0 Å². The van der Waals surface area contributed by atoms with E-state index in [1.807, 2.05) is 19.2 Å². The molecule has 0 radical (unpaired) electrons. The van der Waals surface area contributed by atoms with Crippen LogP contribution in [0.4, 0.5) is 23.0 Å². The van der Waals surface area contributed by atoms with Crippen LogP contribution in [0.5, 0.6) is 0 Å². The van der Waals surface area contributed by atoms with Gasteiger partial charge in [-0.1, -0.05) is 6.07 Å². The molecule has 0 spiro atoms. The van der Waals surface area contributed by atoms with Crippen molar-refractivity contribution >= 4 is 23.0 Å². The Labute approximate surface area is 153 Å². The number of hydrogen-bond acceptors (Lipinski definition) is 6. The highest BCUT2D eigenvalue weighted by atomic mass is 15.2. The molecule has 0 aliphatic carbocycles. The standard InChI is InChI=1S/C20H22N6/c1-13-6-7-15(21-2)11-17(13)23-19-16-8-10-26(3)20(16)25-18(24-19)14-5-4-9-22-12-14/h4-7,9,11-12,21H,8,10H2,1-3H3,(H,23,24,25). The van der Waals surface area contributed by atoms with Crippen molar-refractivity contribution in [1.29, 1.82) is 0 Å². The summed E-state index contributed by atoms with van der Waals surface area (Å²) in [5.41, 5.74) is 5.36. The lowest BCUT2D eigenvalue weighted by Crippen LogP contribution is -2.14. The average Bonchev–Trinajstić information content (AvgIpc) is 3.05. The molecule has 0 bridgehead atoms. The van der Waals surface area contributed by atoms with Crippen LogP contribution in [0.25, 0.3) is 11.4 Å². The first kappa shape index (κ1) is 16.3. The normalized spacial score (nSPS) is 12.8. The molecular formula is C20H22N6. The first-order valence-electron chi connectivity index (χ1n) is 8.73. The third kappa shape index (κ3) is 2.94. The van der Waals surface area contributed by atoms with Crippen LogP contribution < -0.4 is 15.5 Å². The second-order valence-corrected chi connectivity index (χ2v) is 6.52. The molecule has 2 aromatic heterocycles. The number of hydrogen-bond donors (Lipinski definition) is 2. The van der Waals surface area contributed by atoms with Gasteiger partial charge in [-0.25, -0.2) is 9.97 Å². The van der Waals surface area contributed by atoms with E-state index in [1.54, 1.807) is 12.4 Å². The average molecular weight is 346 g/mol. The van der Waals surface area contributed by atoms with Gasteiger partial charge in [0.25, 0.3) is 0 Å². The van der Waals surface area contributed by atoms with E-state index in [9.17, 15) is 0 Å². The Kier molecular flexibility index (Phi) is 4.16. The quantitative estimate of drug-likeness (QED) is 0.752. The van der Waals surface area contributed by atoms with E-state index >= 15 is 0 Å². The SMILES string of the molecule is CNc1ccc(C)c(Nc2nc(-c3cccnc3)nc3c2CCN3C)c1. The maximum atomic E-state index is 4.83. The van der Waals surface area contributed by atoms with Crippen molar-refractivity contribution in [3.8, 4) is 11.4 Å². The molecule has 6 heteroatoms. The first-order chi connectivity index (χ1) is 12.7. The largest absolute Gasteiger partial charge is 0.388 e. The summed E-state index contributed by atoms with van der Waals surface area (Å²) in [6.07, 6.45) is 4.49. The van der Waals surface area contributed by atoms with E-state index in [1.165, 1.54) is 5.56 Å². The molecule has 0 fully saturated rings. The number of aromatic nitrogens is 3. The van der Waals surface area contributed by atoms with Gasteiger partial charge in [0.2, 0.25) is 0 Å². The smallest absolute Gasteiger partial charge is 0.165 e. The third-order valence-electron chi connectivity index (χ3n) is 4.74. The number of aryl methyl sites for hydroxylation is 1. The van der Waals surface area contributed by atoms with Crippen LogP contribution in [-0.4, -0.2) is 35.6 Å². The highest BCUT2D eigenvalue weighted by Gasteiger charge is 2.24. The summed E-state index contributed by atoms with van der Waals surface area (Å²) in [5.74, 6) is 2.55. The zero-order valence-corrected chi connectivity index (χ0v) is 15.2. The van der Waals surface area contributed by atoms with Gasteiger partial charge in [-0.2, -0.15) is 0 Å². The first-order valence-corrected chi connectivity index (χ1v) is 8.73. The van der Waals surface area contributed by atoms with Gasteiger partial charge >= 0.3 is 0 Å². The molecular weight excluding hydrogens is 324 g/mol. The van der Waals surface area contributed by atoms with E-state index < -0.39 is 0 Å². The summed E-state index contributed by atoms with van der Waals surface area (Å²) in [7, 11) is 3.99. The number of pyridine rings is 1. The van der Waals surface area contributed by atoms with Crippen molar-refractivity contribution in [2.24, 2.45) is 0 Å². The molecule has 3 heterocycles. The molecule has 26 heavy (non-hydrogen) atoms. The minimum atomic E-state index is 0.690. The highest BCUT2D eigenvalue weighted by molar-refractivity contribution is 5.74. The second-order valence-electron chi connectivity index (χ2n) is 6.52. The highest BCUT2D eigenvalue weighted by Crippen LogP contribution is 2.34. The number of fused-ring (bicyclic) bond motifs is 1. The Balaban J connectivity index is 1.81. The Morgan fingerprint density at radius 1 is 1.15 bits per heavy atom. The van der Waals surface area contributed by atoms with Gasteiger partial charge in [0.05, 0.1) is 0 Å². The molecule has 1 aromatic carbocycles. The Morgan fingerprint density at radius 2 is 2.04 bits per heavy atom. The molecule has 0 atom stereocenters. The fourth-order valence-corrected chi connectivity index (χ4v) is 3.17. The Morgan fingerprint density at radius 3 is 2.81 bits per heavy atom. The van der Waals surface area contributed by atoms with Crippen LogP contribution >= 0.6 is 0 Å². The lowest BCUT2D eigenvalue weighted by atomic mass is 10.1. The zero-order chi connectivity index (χ0) is 18.1. The number of nitrogens with one attached hydrogen (secondary N) is 2. The lowest BCUT2D eigenvalue weighted by molar-refractivity contribution is 0.946. The minimum Gasteiger partial charge on any atom is -0.388 e. The van der Waals surface area contributed by atoms with Crippen molar-refractivity contribution in [1.82, 2.24) is 15.0 Å². The van der Waals surface area contributed by atoms with Crippen LogP contribution in [-0.2, 0) is 6.42 Å². The van der Waals surface area contributed by atoms with E-state index in [4.69, 9.17) is 9.97 Å². The third-order valence-corrected chi connectivity index (χ3v) is 4.74. The number of benzene rings is 1. The van der Waals surface area contributed by atoms with E-state index in [2.05, 4.69) is 52.7 Å². The summed E-state index contributed by atoms with van der Waals surface area (Å²) in [6.45, 7) is 3.04.